The first kappa shape index (κ1) is 15.5. The zero-order valence-corrected chi connectivity index (χ0v) is 11.3. The summed E-state index contributed by atoms with van der Waals surface area (Å²) in [5, 5.41) is 5.80. The Bertz CT molecular complexity index is 523. The fraction of sp³-hybridized carbons (Fsp3) is 0.429. The Balaban J connectivity index is 2.20. The quantitative estimate of drug-likeness (QED) is 0.833. The van der Waals surface area contributed by atoms with E-state index in [-0.39, 0.29) is 5.91 Å². The van der Waals surface area contributed by atoms with E-state index in [9.17, 15) is 18.0 Å². The number of halogens is 3. The van der Waals surface area contributed by atoms with E-state index in [4.69, 9.17) is 0 Å². The molecule has 0 aliphatic carbocycles. The van der Waals surface area contributed by atoms with Gasteiger partial charge in [0.05, 0.1) is 12.1 Å². The molecule has 1 aromatic rings. The topological polar surface area (TPSA) is 53.5 Å². The van der Waals surface area contributed by atoms with Crippen molar-refractivity contribution in [3.05, 3.63) is 35.4 Å². The normalized spacial score (nSPS) is 17.9. The molecule has 2 N–H and O–H groups in total. The van der Waals surface area contributed by atoms with Crippen molar-refractivity contribution in [2.75, 3.05) is 19.6 Å². The maximum atomic E-state index is 12.5. The summed E-state index contributed by atoms with van der Waals surface area (Å²) >= 11 is 0. The summed E-state index contributed by atoms with van der Waals surface area (Å²) in [6.45, 7) is 1.87. The number of amidine groups is 1. The van der Waals surface area contributed by atoms with Gasteiger partial charge in [-0.3, -0.25) is 9.79 Å². The second kappa shape index (κ2) is 6.71. The van der Waals surface area contributed by atoms with Crippen LogP contribution < -0.4 is 10.6 Å². The molecular formula is C14H16F3N3O. The lowest BCUT2D eigenvalue weighted by Gasteiger charge is -2.13. The molecule has 0 atom stereocenters. The SMILES string of the molecule is O=C1CCCNCCN=C(c2ccc(C(F)(F)F)cc2)N1. The molecule has 0 spiro atoms. The van der Waals surface area contributed by atoms with Gasteiger partial charge in [-0.1, -0.05) is 12.1 Å². The van der Waals surface area contributed by atoms with E-state index in [1.807, 2.05) is 0 Å². The van der Waals surface area contributed by atoms with E-state index >= 15 is 0 Å². The van der Waals surface area contributed by atoms with Gasteiger partial charge in [-0.15, -0.1) is 0 Å². The van der Waals surface area contributed by atoms with Crippen molar-refractivity contribution < 1.29 is 18.0 Å². The standard InChI is InChI=1S/C14H16F3N3O/c15-14(16,17)11-5-3-10(4-6-11)13-19-9-8-18-7-1-2-12(21)20-13/h3-6,18H,1-2,7-9H2,(H,19,20,21). The Morgan fingerprint density at radius 2 is 1.81 bits per heavy atom. The Morgan fingerprint density at radius 3 is 2.48 bits per heavy atom. The van der Waals surface area contributed by atoms with E-state index in [0.29, 0.717) is 37.3 Å². The summed E-state index contributed by atoms with van der Waals surface area (Å²) in [5.41, 5.74) is -0.253. The Kier molecular flexibility index (Phi) is 4.95. The van der Waals surface area contributed by atoms with Crippen LogP contribution in [0.25, 0.3) is 0 Å². The monoisotopic (exact) mass is 299 g/mol. The number of carbonyl (C=O) groups excluding carboxylic acids is 1. The maximum Gasteiger partial charge on any atom is 0.416 e. The molecule has 0 bridgehead atoms. The van der Waals surface area contributed by atoms with Crippen LogP contribution in [0.3, 0.4) is 0 Å². The Labute approximate surface area is 120 Å². The van der Waals surface area contributed by atoms with Crippen LogP contribution in [-0.2, 0) is 11.0 Å². The fourth-order valence-corrected chi connectivity index (χ4v) is 1.96. The average Bonchev–Trinajstić information content (AvgIpc) is 2.44. The minimum atomic E-state index is -4.37. The Morgan fingerprint density at radius 1 is 1.10 bits per heavy atom. The van der Waals surface area contributed by atoms with Crippen LogP contribution in [0, 0.1) is 0 Å². The zero-order valence-electron chi connectivity index (χ0n) is 11.3. The highest BCUT2D eigenvalue weighted by Crippen LogP contribution is 2.29. The van der Waals surface area contributed by atoms with Crippen LogP contribution in [0.5, 0.6) is 0 Å². The number of aliphatic imine (C=N–C) groups is 1. The van der Waals surface area contributed by atoms with E-state index in [1.165, 1.54) is 12.1 Å². The van der Waals surface area contributed by atoms with Crippen LogP contribution >= 0.6 is 0 Å². The van der Waals surface area contributed by atoms with Crippen LogP contribution in [-0.4, -0.2) is 31.4 Å². The Hall–Kier alpha value is -1.89. The molecule has 0 radical (unpaired) electrons. The molecule has 0 saturated heterocycles. The molecule has 0 fully saturated rings. The lowest BCUT2D eigenvalue weighted by atomic mass is 10.1. The first-order valence-electron chi connectivity index (χ1n) is 6.69. The van der Waals surface area contributed by atoms with Gasteiger partial charge in [0.2, 0.25) is 5.91 Å². The molecule has 4 nitrogen and oxygen atoms in total. The van der Waals surface area contributed by atoms with Gasteiger partial charge in [0.15, 0.2) is 0 Å². The molecule has 2 rings (SSSR count). The number of amides is 1. The smallest absolute Gasteiger partial charge is 0.315 e. The summed E-state index contributed by atoms with van der Waals surface area (Å²) in [6, 6.07) is 4.62. The lowest BCUT2D eigenvalue weighted by Crippen LogP contribution is -2.34. The third-order valence-corrected chi connectivity index (χ3v) is 3.06. The van der Waals surface area contributed by atoms with Gasteiger partial charge in [0.25, 0.3) is 0 Å². The number of nitrogens with zero attached hydrogens (tertiary/aromatic N) is 1. The molecule has 1 heterocycles. The molecule has 7 heteroatoms. The molecular weight excluding hydrogens is 283 g/mol. The van der Waals surface area contributed by atoms with Gasteiger partial charge in [-0.25, -0.2) is 0 Å². The van der Waals surface area contributed by atoms with E-state index in [2.05, 4.69) is 15.6 Å². The van der Waals surface area contributed by atoms with Gasteiger partial charge in [0.1, 0.15) is 5.84 Å². The summed E-state index contributed by atoms with van der Waals surface area (Å²) < 4.78 is 37.6. The fourth-order valence-electron chi connectivity index (χ4n) is 1.96. The van der Waals surface area contributed by atoms with E-state index in [0.717, 1.165) is 18.7 Å². The van der Waals surface area contributed by atoms with Crippen LogP contribution in [0.2, 0.25) is 0 Å². The number of hydrogen-bond acceptors (Lipinski definition) is 3. The molecule has 1 aliphatic heterocycles. The highest BCUT2D eigenvalue weighted by molar-refractivity contribution is 6.07. The van der Waals surface area contributed by atoms with Crippen molar-refractivity contribution in [3.8, 4) is 0 Å². The minimum absolute atomic E-state index is 0.183. The number of rotatable bonds is 1. The van der Waals surface area contributed by atoms with Crippen molar-refractivity contribution in [2.24, 2.45) is 4.99 Å². The van der Waals surface area contributed by atoms with Gasteiger partial charge in [-0.2, -0.15) is 13.2 Å². The highest BCUT2D eigenvalue weighted by atomic mass is 19.4. The average molecular weight is 299 g/mol. The summed E-state index contributed by atoms with van der Waals surface area (Å²) in [7, 11) is 0. The van der Waals surface area contributed by atoms with E-state index < -0.39 is 11.7 Å². The van der Waals surface area contributed by atoms with Crippen molar-refractivity contribution in [1.29, 1.82) is 0 Å². The van der Waals surface area contributed by atoms with Crippen molar-refractivity contribution in [2.45, 2.75) is 19.0 Å². The predicted molar refractivity (Wildman–Crippen MR) is 73.1 cm³/mol. The van der Waals surface area contributed by atoms with Crippen LogP contribution in [0.4, 0.5) is 13.2 Å². The number of benzene rings is 1. The number of carbonyl (C=O) groups is 1. The second-order valence-electron chi connectivity index (χ2n) is 4.71. The molecule has 0 unspecified atom stereocenters. The molecule has 1 aromatic carbocycles. The minimum Gasteiger partial charge on any atom is -0.315 e. The van der Waals surface area contributed by atoms with Crippen molar-refractivity contribution in [3.63, 3.8) is 0 Å². The van der Waals surface area contributed by atoms with Crippen molar-refractivity contribution in [1.82, 2.24) is 10.6 Å². The van der Waals surface area contributed by atoms with Gasteiger partial charge < -0.3 is 10.6 Å². The second-order valence-corrected chi connectivity index (χ2v) is 4.71. The van der Waals surface area contributed by atoms with E-state index in [1.54, 1.807) is 0 Å². The predicted octanol–water partition coefficient (Wildman–Crippen LogP) is 1.95. The molecule has 0 saturated carbocycles. The lowest BCUT2D eigenvalue weighted by molar-refractivity contribution is -0.137. The summed E-state index contributed by atoms with van der Waals surface area (Å²) in [4.78, 5) is 15.9. The molecule has 1 aliphatic rings. The van der Waals surface area contributed by atoms with Crippen LogP contribution in [0.15, 0.2) is 29.3 Å². The van der Waals surface area contributed by atoms with Gasteiger partial charge >= 0.3 is 6.18 Å². The zero-order chi connectivity index (χ0) is 15.3. The number of alkyl halides is 3. The number of nitrogens with one attached hydrogen (secondary N) is 2. The first-order chi connectivity index (χ1) is 9.97. The molecule has 1 amide bonds. The van der Waals surface area contributed by atoms with Gasteiger partial charge in [-0.05, 0) is 25.1 Å². The molecule has 21 heavy (non-hydrogen) atoms. The summed E-state index contributed by atoms with van der Waals surface area (Å²) in [6.07, 6.45) is -3.30. The van der Waals surface area contributed by atoms with Gasteiger partial charge in [0, 0.05) is 18.5 Å². The highest BCUT2D eigenvalue weighted by Gasteiger charge is 2.30. The summed E-state index contributed by atoms with van der Waals surface area (Å²) in [5.74, 6) is 0.134. The first-order valence-corrected chi connectivity index (χ1v) is 6.69. The maximum absolute atomic E-state index is 12.5. The van der Waals surface area contributed by atoms with Crippen LogP contribution in [0.1, 0.15) is 24.0 Å². The molecule has 0 aromatic heterocycles. The number of hydrogen-bond donors (Lipinski definition) is 2. The third-order valence-electron chi connectivity index (χ3n) is 3.06. The van der Waals surface area contributed by atoms with Crippen molar-refractivity contribution >= 4 is 11.7 Å². The largest absolute Gasteiger partial charge is 0.416 e. The third kappa shape index (κ3) is 4.56. The molecule has 114 valence electrons.